The highest BCUT2D eigenvalue weighted by atomic mass is 32.2. The van der Waals surface area contributed by atoms with Gasteiger partial charge < -0.3 is 11.1 Å². The summed E-state index contributed by atoms with van der Waals surface area (Å²) in [7, 11) is -3.30. The van der Waals surface area contributed by atoms with E-state index in [4.69, 9.17) is 5.73 Å². The van der Waals surface area contributed by atoms with Crippen molar-refractivity contribution >= 4 is 15.7 Å². The van der Waals surface area contributed by atoms with Crippen LogP contribution in [0.15, 0.2) is 29.2 Å². The summed E-state index contributed by atoms with van der Waals surface area (Å²) in [6.45, 7) is 0. The first-order valence-corrected chi connectivity index (χ1v) is 8.62. The van der Waals surface area contributed by atoms with E-state index < -0.39 is 9.84 Å². The first-order chi connectivity index (χ1) is 9.36. The van der Waals surface area contributed by atoms with Gasteiger partial charge >= 0.3 is 0 Å². The Morgan fingerprint density at radius 2 is 1.90 bits per heavy atom. The number of sulfone groups is 1. The van der Waals surface area contributed by atoms with Crippen molar-refractivity contribution in [3.05, 3.63) is 29.8 Å². The van der Waals surface area contributed by atoms with Crippen molar-refractivity contribution in [1.82, 2.24) is 5.32 Å². The monoisotopic (exact) mass is 296 g/mol. The lowest BCUT2D eigenvalue weighted by molar-refractivity contribution is 0.0925. The third-order valence-electron chi connectivity index (χ3n) is 3.63. The number of nitrogens with one attached hydrogen (secondary N) is 1. The molecule has 0 heterocycles. The SMILES string of the molecule is CS(=O)(=O)c1cccc(C(=O)N[C@H]2CC[C@H](N)CC2)c1. The summed E-state index contributed by atoms with van der Waals surface area (Å²) in [5.74, 6) is -0.226. The number of rotatable bonds is 3. The molecular formula is C14H20N2O3S. The molecule has 1 aromatic carbocycles. The van der Waals surface area contributed by atoms with Crippen LogP contribution in [0.4, 0.5) is 0 Å². The Morgan fingerprint density at radius 1 is 1.25 bits per heavy atom. The van der Waals surface area contributed by atoms with Crippen molar-refractivity contribution in [2.75, 3.05) is 6.26 Å². The highest BCUT2D eigenvalue weighted by molar-refractivity contribution is 7.90. The molecule has 0 unspecified atom stereocenters. The minimum Gasteiger partial charge on any atom is -0.349 e. The van der Waals surface area contributed by atoms with Gasteiger partial charge in [0.05, 0.1) is 4.90 Å². The Morgan fingerprint density at radius 3 is 2.50 bits per heavy atom. The predicted octanol–water partition coefficient (Wildman–Crippen LogP) is 1.09. The zero-order chi connectivity index (χ0) is 14.8. The van der Waals surface area contributed by atoms with Gasteiger partial charge in [-0.15, -0.1) is 0 Å². The van der Waals surface area contributed by atoms with Gasteiger partial charge in [0.2, 0.25) is 0 Å². The summed E-state index contributed by atoms with van der Waals surface area (Å²) in [5, 5.41) is 2.95. The Hall–Kier alpha value is -1.40. The summed E-state index contributed by atoms with van der Waals surface area (Å²) in [6.07, 6.45) is 4.70. The van der Waals surface area contributed by atoms with E-state index in [1.807, 2.05) is 0 Å². The fourth-order valence-electron chi connectivity index (χ4n) is 2.40. The smallest absolute Gasteiger partial charge is 0.251 e. The molecule has 0 aromatic heterocycles. The van der Waals surface area contributed by atoms with Crippen LogP contribution in [0.3, 0.4) is 0 Å². The van der Waals surface area contributed by atoms with Crippen molar-refractivity contribution in [2.24, 2.45) is 5.73 Å². The highest BCUT2D eigenvalue weighted by Gasteiger charge is 2.21. The van der Waals surface area contributed by atoms with Gasteiger partial charge in [-0.25, -0.2) is 8.42 Å². The lowest BCUT2D eigenvalue weighted by Crippen LogP contribution is -2.40. The third-order valence-corrected chi connectivity index (χ3v) is 4.74. The number of nitrogens with two attached hydrogens (primary N) is 1. The molecule has 0 spiro atoms. The van der Waals surface area contributed by atoms with E-state index in [0.717, 1.165) is 31.9 Å². The molecule has 1 aromatic rings. The Labute approximate surface area is 119 Å². The zero-order valence-corrected chi connectivity index (χ0v) is 12.3. The largest absolute Gasteiger partial charge is 0.349 e. The van der Waals surface area contributed by atoms with Gasteiger partial charge in [-0.3, -0.25) is 4.79 Å². The van der Waals surface area contributed by atoms with Crippen molar-refractivity contribution in [2.45, 2.75) is 42.7 Å². The number of hydrogen-bond donors (Lipinski definition) is 2. The summed E-state index contributed by atoms with van der Waals surface area (Å²) < 4.78 is 23.0. The van der Waals surface area contributed by atoms with Gasteiger partial charge in [0.15, 0.2) is 9.84 Å². The molecule has 1 amide bonds. The molecule has 0 saturated heterocycles. The van der Waals surface area contributed by atoms with Crippen LogP contribution in [0.5, 0.6) is 0 Å². The van der Waals surface area contributed by atoms with Gasteiger partial charge in [-0.2, -0.15) is 0 Å². The second-order valence-electron chi connectivity index (χ2n) is 5.39. The molecule has 0 atom stereocenters. The summed E-state index contributed by atoms with van der Waals surface area (Å²) >= 11 is 0. The van der Waals surface area contributed by atoms with E-state index in [9.17, 15) is 13.2 Å². The van der Waals surface area contributed by atoms with Gasteiger partial charge in [0.1, 0.15) is 0 Å². The molecule has 1 aliphatic carbocycles. The molecule has 5 nitrogen and oxygen atoms in total. The van der Waals surface area contributed by atoms with Crippen LogP contribution in [0, 0.1) is 0 Å². The molecule has 20 heavy (non-hydrogen) atoms. The quantitative estimate of drug-likeness (QED) is 0.873. The molecular weight excluding hydrogens is 276 g/mol. The van der Waals surface area contributed by atoms with Crippen molar-refractivity contribution in [1.29, 1.82) is 0 Å². The van der Waals surface area contributed by atoms with E-state index >= 15 is 0 Å². The topological polar surface area (TPSA) is 89.3 Å². The number of hydrogen-bond acceptors (Lipinski definition) is 4. The maximum absolute atomic E-state index is 12.1. The average Bonchev–Trinajstić information content (AvgIpc) is 2.40. The van der Waals surface area contributed by atoms with Gasteiger partial charge in [0, 0.05) is 23.9 Å². The maximum atomic E-state index is 12.1. The zero-order valence-electron chi connectivity index (χ0n) is 11.5. The van der Waals surface area contributed by atoms with Crippen molar-refractivity contribution in [3.8, 4) is 0 Å². The number of benzene rings is 1. The Kier molecular flexibility index (Phi) is 4.45. The van der Waals surface area contributed by atoms with Crippen LogP contribution in [0.25, 0.3) is 0 Å². The molecule has 0 radical (unpaired) electrons. The standard InChI is InChI=1S/C14H20N2O3S/c1-20(18,19)13-4-2-3-10(9-13)14(17)16-12-7-5-11(15)6-8-12/h2-4,9,11-12H,5-8,15H2,1H3,(H,16,17)/t11-,12-. The van der Waals surface area contributed by atoms with E-state index in [1.54, 1.807) is 12.1 Å². The highest BCUT2D eigenvalue weighted by Crippen LogP contribution is 2.18. The van der Waals surface area contributed by atoms with E-state index in [1.165, 1.54) is 12.1 Å². The van der Waals surface area contributed by atoms with E-state index in [0.29, 0.717) is 5.56 Å². The molecule has 0 aliphatic heterocycles. The van der Waals surface area contributed by atoms with Crippen LogP contribution in [-0.2, 0) is 9.84 Å². The Balaban J connectivity index is 2.06. The summed E-state index contributed by atoms with van der Waals surface area (Å²) in [4.78, 5) is 12.3. The molecule has 1 aliphatic rings. The van der Waals surface area contributed by atoms with Crippen LogP contribution >= 0.6 is 0 Å². The normalized spacial score (nSPS) is 23.3. The first kappa shape index (κ1) is 15.0. The van der Waals surface area contributed by atoms with Gasteiger partial charge in [-0.05, 0) is 43.9 Å². The number of carbonyl (C=O) groups excluding carboxylic acids is 1. The lowest BCUT2D eigenvalue weighted by atomic mass is 9.91. The first-order valence-electron chi connectivity index (χ1n) is 6.73. The molecule has 6 heteroatoms. The number of amides is 1. The Bertz CT molecular complexity index is 590. The summed E-state index contributed by atoms with van der Waals surface area (Å²) in [5.41, 5.74) is 6.20. The van der Waals surface area contributed by atoms with Gasteiger partial charge in [0.25, 0.3) is 5.91 Å². The molecule has 1 fully saturated rings. The average molecular weight is 296 g/mol. The van der Waals surface area contributed by atoms with E-state index in [-0.39, 0.29) is 22.9 Å². The maximum Gasteiger partial charge on any atom is 0.251 e. The van der Waals surface area contributed by atoms with Crippen LogP contribution < -0.4 is 11.1 Å². The minimum atomic E-state index is -3.30. The summed E-state index contributed by atoms with van der Waals surface area (Å²) in [6, 6.07) is 6.48. The lowest BCUT2D eigenvalue weighted by Gasteiger charge is -2.26. The molecule has 0 bridgehead atoms. The van der Waals surface area contributed by atoms with Crippen LogP contribution in [0.1, 0.15) is 36.0 Å². The van der Waals surface area contributed by atoms with E-state index in [2.05, 4.69) is 5.32 Å². The third kappa shape index (κ3) is 3.80. The predicted molar refractivity (Wildman–Crippen MR) is 77.2 cm³/mol. The van der Waals surface area contributed by atoms with Crippen molar-refractivity contribution < 1.29 is 13.2 Å². The molecule has 110 valence electrons. The van der Waals surface area contributed by atoms with Crippen molar-refractivity contribution in [3.63, 3.8) is 0 Å². The molecule has 1 saturated carbocycles. The second kappa shape index (κ2) is 5.93. The molecule has 2 rings (SSSR count). The van der Waals surface area contributed by atoms with Crippen LogP contribution in [-0.4, -0.2) is 32.7 Å². The fourth-order valence-corrected chi connectivity index (χ4v) is 3.07. The van der Waals surface area contributed by atoms with Crippen LogP contribution in [0.2, 0.25) is 0 Å². The minimum absolute atomic E-state index is 0.129. The second-order valence-corrected chi connectivity index (χ2v) is 7.40. The molecule has 3 N–H and O–H groups in total. The number of carbonyl (C=O) groups is 1. The fraction of sp³-hybridized carbons (Fsp3) is 0.500. The van der Waals surface area contributed by atoms with Gasteiger partial charge in [-0.1, -0.05) is 6.07 Å².